The maximum Gasteiger partial charge on any atom is 0.231 e. The zero-order chi connectivity index (χ0) is 64.3. The molecule has 0 amide bonds. The van der Waals surface area contributed by atoms with Crippen LogP contribution in [0.5, 0.6) is 11.5 Å². The lowest BCUT2D eigenvalue weighted by Gasteiger charge is -2.41. The second-order valence-corrected chi connectivity index (χ2v) is 29.7. The predicted octanol–water partition coefficient (Wildman–Crippen LogP) is 20.4. The van der Waals surface area contributed by atoms with Crippen LogP contribution in [0.25, 0.3) is 0 Å². The lowest BCUT2D eigenvalue weighted by molar-refractivity contribution is 0.0902. The van der Waals surface area contributed by atoms with Gasteiger partial charge >= 0.3 is 0 Å². The molecule has 4 aliphatic carbocycles. The second-order valence-electron chi connectivity index (χ2n) is 29.7. The van der Waals surface area contributed by atoms with Crippen LogP contribution in [0, 0.1) is 45.3 Å². The monoisotopic (exact) mass is 1190 g/mol. The van der Waals surface area contributed by atoms with Crippen molar-refractivity contribution in [3.8, 4) is 11.5 Å². The summed E-state index contributed by atoms with van der Waals surface area (Å²) in [4.78, 5) is 22.9. The first-order chi connectivity index (χ1) is 40.8. The third-order valence-electron chi connectivity index (χ3n) is 20.1. The molecule has 5 aliphatic rings. The van der Waals surface area contributed by atoms with Crippen molar-refractivity contribution in [3.63, 3.8) is 0 Å². The van der Waals surface area contributed by atoms with Gasteiger partial charge in [0.05, 0.1) is 5.69 Å². The lowest BCUT2D eigenvalue weighted by Crippen LogP contribution is -2.38. The third kappa shape index (κ3) is 25.9. The van der Waals surface area contributed by atoms with Gasteiger partial charge in [-0.1, -0.05) is 149 Å². The number of pyridine rings is 3. The van der Waals surface area contributed by atoms with Crippen LogP contribution in [0.2, 0.25) is 0 Å². The fourth-order valence-corrected chi connectivity index (χ4v) is 13.9. The highest BCUT2D eigenvalue weighted by Gasteiger charge is 2.35. The van der Waals surface area contributed by atoms with Gasteiger partial charge in [-0.25, -0.2) is 0 Å². The van der Waals surface area contributed by atoms with E-state index in [1.165, 1.54) is 125 Å². The van der Waals surface area contributed by atoms with E-state index in [-0.39, 0.29) is 0 Å². The van der Waals surface area contributed by atoms with Gasteiger partial charge < -0.3 is 9.47 Å². The molecule has 4 aromatic rings. The number of benzene rings is 1. The Bertz CT molecular complexity index is 2250. The summed E-state index contributed by atoms with van der Waals surface area (Å²) in [5.74, 6) is 5.32. The first-order valence-corrected chi connectivity index (χ1v) is 34.7. The Hall–Kier alpha value is -3.89. The summed E-state index contributed by atoms with van der Waals surface area (Å²) in [6, 6.07) is 24.3. The summed E-state index contributed by atoms with van der Waals surface area (Å²) in [5.41, 5.74) is 7.03. The van der Waals surface area contributed by atoms with Crippen molar-refractivity contribution in [1.82, 2.24) is 34.6 Å². The van der Waals surface area contributed by atoms with E-state index in [2.05, 4.69) is 189 Å². The first kappa shape index (κ1) is 76.4. The Labute approximate surface area is 531 Å². The molecule has 9 heteroatoms. The van der Waals surface area contributed by atoms with E-state index in [9.17, 15) is 0 Å². The van der Waals surface area contributed by atoms with Crippen LogP contribution >= 0.6 is 0 Å². The predicted molar refractivity (Wildman–Crippen MR) is 371 cm³/mol. The average molecular weight is 1190 g/mol. The normalized spacial score (nSPS) is 23.4. The second kappa shape index (κ2) is 38.0. The van der Waals surface area contributed by atoms with Crippen molar-refractivity contribution in [2.24, 2.45) is 45.3 Å². The summed E-state index contributed by atoms with van der Waals surface area (Å²) in [6.45, 7) is 46.3. The molecule has 0 radical (unpaired) electrons. The topological polar surface area (TPSA) is 70.1 Å². The van der Waals surface area contributed by atoms with Gasteiger partial charge in [-0.3, -0.25) is 34.6 Å². The van der Waals surface area contributed by atoms with E-state index in [4.69, 9.17) is 9.47 Å². The molecule has 1 aromatic carbocycles. The van der Waals surface area contributed by atoms with E-state index in [0.29, 0.717) is 40.5 Å². The molecule has 0 saturated heterocycles. The molecule has 0 N–H and O–H groups in total. The molecule has 9 rings (SSSR count). The minimum absolute atomic E-state index is 0.353. The van der Waals surface area contributed by atoms with Crippen molar-refractivity contribution in [3.05, 3.63) is 114 Å². The molecule has 0 spiro atoms. The van der Waals surface area contributed by atoms with Gasteiger partial charge in [-0.05, 0) is 236 Å². The van der Waals surface area contributed by atoms with Crippen LogP contribution in [0.15, 0.2) is 91.6 Å². The first-order valence-electron chi connectivity index (χ1n) is 34.7. The van der Waals surface area contributed by atoms with Crippen LogP contribution in [0.3, 0.4) is 0 Å². The fraction of sp³-hybridized carbons (Fsp3) is 0.727. The van der Waals surface area contributed by atoms with Crippen molar-refractivity contribution in [1.29, 1.82) is 0 Å². The number of hydrogen-bond donors (Lipinski definition) is 0. The molecule has 1 atom stereocenters. The summed E-state index contributed by atoms with van der Waals surface area (Å²) in [7, 11) is 9.04. The smallest absolute Gasteiger partial charge is 0.231 e. The Kier molecular flexibility index (Phi) is 33.7. The van der Waals surface area contributed by atoms with Crippen LogP contribution in [0.1, 0.15) is 263 Å². The minimum atomic E-state index is 0.353. The highest BCUT2D eigenvalue weighted by atomic mass is 16.7. The number of hydrogen-bond acceptors (Lipinski definition) is 9. The Morgan fingerprint density at radius 1 is 0.419 bits per heavy atom. The molecular weight excluding hydrogens is 1050 g/mol. The van der Waals surface area contributed by atoms with Crippen molar-refractivity contribution >= 4 is 0 Å². The maximum absolute atomic E-state index is 5.48. The van der Waals surface area contributed by atoms with Gasteiger partial charge in [0.1, 0.15) is 0 Å². The highest BCUT2D eigenvalue weighted by molar-refractivity contribution is 5.44. The van der Waals surface area contributed by atoms with Gasteiger partial charge in [-0.2, -0.15) is 0 Å². The average Bonchev–Trinajstić information content (AvgIpc) is 4.15. The molecule has 9 nitrogen and oxygen atoms in total. The van der Waals surface area contributed by atoms with Crippen molar-refractivity contribution in [2.75, 3.05) is 35.0 Å². The molecule has 3 aromatic heterocycles. The molecule has 4 saturated carbocycles. The van der Waals surface area contributed by atoms with Crippen LogP contribution in [0.4, 0.5) is 0 Å². The summed E-state index contributed by atoms with van der Waals surface area (Å²) < 4.78 is 10.9. The van der Waals surface area contributed by atoms with Gasteiger partial charge in [0.25, 0.3) is 0 Å². The fourth-order valence-electron chi connectivity index (χ4n) is 13.9. The largest absolute Gasteiger partial charge is 0.454 e. The van der Waals surface area contributed by atoms with E-state index >= 15 is 0 Å². The molecule has 0 bridgehead atoms. The van der Waals surface area contributed by atoms with Gasteiger partial charge in [0.15, 0.2) is 11.5 Å². The Morgan fingerprint density at radius 3 is 1.20 bits per heavy atom. The zero-order valence-electron chi connectivity index (χ0n) is 59.9. The molecular formula is C77H133N7O2. The zero-order valence-corrected chi connectivity index (χ0v) is 59.9. The molecule has 4 heterocycles. The summed E-state index contributed by atoms with van der Waals surface area (Å²) in [6.07, 6.45) is 31.2. The van der Waals surface area contributed by atoms with Crippen LogP contribution in [-0.2, 0) is 19.6 Å². The van der Waals surface area contributed by atoms with E-state index < -0.39 is 0 Å². The van der Waals surface area contributed by atoms with E-state index in [1.54, 1.807) is 0 Å². The van der Waals surface area contributed by atoms with Gasteiger partial charge in [-0.15, -0.1) is 0 Å². The summed E-state index contributed by atoms with van der Waals surface area (Å²) >= 11 is 0. The summed E-state index contributed by atoms with van der Waals surface area (Å²) in [5, 5.41) is 0. The molecule has 1 unspecified atom stereocenters. The quantitative estimate of drug-likeness (QED) is 0.138. The third-order valence-corrected chi connectivity index (χ3v) is 20.1. The molecule has 488 valence electrons. The lowest BCUT2D eigenvalue weighted by atomic mass is 9.71. The maximum atomic E-state index is 5.48. The van der Waals surface area contributed by atoms with Gasteiger partial charge in [0, 0.05) is 80.8 Å². The molecule has 86 heavy (non-hydrogen) atoms. The standard InChI is InChI=1S/C19H29NO2.C18H30N2.2C17H28N2.3C2H6/c1-19(2,3)15-6-8-16(9-7-15)20(4)12-14-5-10-17-18(11-14)22-13-21-17;1-14(15-7-6-12-19-13-15)20(5)17-10-8-16(9-11-17)18(2,3)4;1-17(2,3)15-7-9-16(10-8-15)19(4)13-14-6-5-11-18-12-14;1-17(2,3)14-8-10-16(11-9-14)19(4)13-15-7-5-6-12-18-15;3*1-2/h5,10-11,15-16H,6-9,12-13H2,1-4H3;6-7,12-14,16-17H,8-11H2,1-5H3;5-6,11-12,15-16H,7-10,13H2,1-4H3;5-7,12,14,16H,8-11,13H2,1-4H3;3*1-2H3. The number of rotatable bonds is 12. The minimum Gasteiger partial charge on any atom is -0.454 e. The highest BCUT2D eigenvalue weighted by Crippen LogP contribution is 2.43. The van der Waals surface area contributed by atoms with Crippen molar-refractivity contribution in [2.45, 2.75) is 284 Å². The number of nitrogens with zero attached hydrogens (tertiary/aromatic N) is 7. The van der Waals surface area contributed by atoms with Crippen LogP contribution < -0.4 is 9.47 Å². The Morgan fingerprint density at radius 2 is 0.814 bits per heavy atom. The SMILES string of the molecule is CC.CC.CC.CC(c1cccnc1)N(C)C1CCC(C(C)(C)C)CC1.CN(Cc1ccc2c(c1)OCO2)C1CCC(C(C)(C)C)CC1.CN(Cc1ccccn1)C1CCC(C(C)(C)C)CC1.CN(Cc1cccnc1)C1CCC(C(C)(C)C)CC1. The number of fused-ring (bicyclic) bond motifs is 1. The molecule has 1 aliphatic heterocycles. The Balaban J connectivity index is 0.000000292. The van der Waals surface area contributed by atoms with Crippen molar-refractivity contribution < 1.29 is 9.47 Å². The van der Waals surface area contributed by atoms with E-state index in [0.717, 1.165) is 72.9 Å². The van der Waals surface area contributed by atoms with E-state index in [1.807, 2.05) is 96.8 Å². The number of aromatic nitrogens is 3. The van der Waals surface area contributed by atoms with Crippen LogP contribution in [-0.4, -0.2) is 93.7 Å². The molecule has 4 fully saturated rings. The number of ether oxygens (including phenoxy) is 2. The van der Waals surface area contributed by atoms with Gasteiger partial charge in [0.2, 0.25) is 6.79 Å².